The monoisotopic (exact) mass is 277 g/mol. The minimum Gasteiger partial charge on any atom is -0.494 e. The van der Waals surface area contributed by atoms with E-state index < -0.39 is 0 Å². The van der Waals surface area contributed by atoms with Crippen LogP contribution in [0.5, 0.6) is 5.75 Å². The molecule has 0 bridgehead atoms. The Kier molecular flexibility index (Phi) is 8.36. The van der Waals surface area contributed by atoms with Gasteiger partial charge in [-0.15, -0.1) is 0 Å². The normalized spacial score (nSPS) is 12.9. The molecule has 0 saturated heterocycles. The van der Waals surface area contributed by atoms with E-state index in [-0.39, 0.29) is 0 Å². The fraction of sp³-hybridized carbons (Fsp3) is 0.667. The minimum atomic E-state index is 0.706. The molecule has 1 aromatic carbocycles. The molecule has 1 N–H and O–H groups in total. The molecule has 0 spiro atoms. The van der Waals surface area contributed by atoms with Crippen LogP contribution in [-0.4, -0.2) is 19.7 Å². The highest BCUT2D eigenvalue weighted by molar-refractivity contribution is 5.20. The van der Waals surface area contributed by atoms with Crippen molar-refractivity contribution in [3.05, 3.63) is 30.3 Å². The van der Waals surface area contributed by atoms with Crippen molar-refractivity contribution in [1.82, 2.24) is 5.32 Å². The molecule has 0 heterocycles. The molecule has 1 aromatic rings. The third kappa shape index (κ3) is 8.21. The summed E-state index contributed by atoms with van der Waals surface area (Å²) in [7, 11) is 0. The number of benzene rings is 1. The van der Waals surface area contributed by atoms with Crippen LogP contribution in [-0.2, 0) is 0 Å². The number of nitrogens with one attached hydrogen (secondary N) is 1. The predicted octanol–water partition coefficient (Wildman–Crippen LogP) is 4.36. The van der Waals surface area contributed by atoms with Gasteiger partial charge in [-0.25, -0.2) is 0 Å². The predicted molar refractivity (Wildman–Crippen MR) is 87.2 cm³/mol. The molecule has 2 heteroatoms. The molecule has 0 aliphatic heterocycles. The van der Waals surface area contributed by atoms with Crippen LogP contribution in [0.4, 0.5) is 0 Å². The summed E-state index contributed by atoms with van der Waals surface area (Å²) in [5.74, 6) is 3.15. The first kappa shape index (κ1) is 17.0. The highest BCUT2D eigenvalue weighted by atomic mass is 16.5. The molecule has 0 amide bonds. The van der Waals surface area contributed by atoms with Crippen molar-refractivity contribution in [2.45, 2.75) is 40.5 Å². The average molecular weight is 277 g/mol. The first-order valence-corrected chi connectivity index (χ1v) is 7.96. The minimum absolute atomic E-state index is 0.706. The highest BCUT2D eigenvalue weighted by Gasteiger charge is 2.11. The molecule has 0 saturated carbocycles. The topological polar surface area (TPSA) is 21.3 Å². The van der Waals surface area contributed by atoms with Crippen molar-refractivity contribution in [1.29, 1.82) is 0 Å². The SMILES string of the molecule is CC(C)CNCC(CCOc1ccccc1)CC(C)C. The van der Waals surface area contributed by atoms with Gasteiger partial charge in [0.25, 0.3) is 0 Å². The number of rotatable bonds is 10. The molecular weight excluding hydrogens is 246 g/mol. The third-order valence-corrected chi connectivity index (χ3v) is 3.33. The summed E-state index contributed by atoms with van der Waals surface area (Å²) in [6, 6.07) is 10.1. The molecule has 114 valence electrons. The average Bonchev–Trinajstić information content (AvgIpc) is 2.38. The van der Waals surface area contributed by atoms with Gasteiger partial charge in [-0.2, -0.15) is 0 Å². The van der Waals surface area contributed by atoms with Crippen molar-refractivity contribution in [3.8, 4) is 5.75 Å². The summed E-state index contributed by atoms with van der Waals surface area (Å²) < 4.78 is 5.82. The van der Waals surface area contributed by atoms with Crippen molar-refractivity contribution in [2.75, 3.05) is 19.7 Å². The Balaban J connectivity index is 2.28. The van der Waals surface area contributed by atoms with Crippen LogP contribution in [0, 0.1) is 17.8 Å². The Labute approximate surface area is 124 Å². The Hall–Kier alpha value is -1.02. The van der Waals surface area contributed by atoms with Gasteiger partial charge in [-0.05, 0) is 55.8 Å². The molecule has 0 aliphatic rings. The van der Waals surface area contributed by atoms with Gasteiger partial charge < -0.3 is 10.1 Å². The summed E-state index contributed by atoms with van der Waals surface area (Å²) >= 11 is 0. The van der Waals surface area contributed by atoms with E-state index in [1.165, 1.54) is 6.42 Å². The van der Waals surface area contributed by atoms with E-state index in [1.807, 2.05) is 30.3 Å². The van der Waals surface area contributed by atoms with E-state index in [2.05, 4.69) is 33.0 Å². The van der Waals surface area contributed by atoms with E-state index in [9.17, 15) is 0 Å². The second-order valence-electron chi connectivity index (χ2n) is 6.50. The Bertz CT molecular complexity index is 335. The number of hydrogen-bond acceptors (Lipinski definition) is 2. The molecule has 0 aliphatic carbocycles. The standard InChI is InChI=1S/C18H31NO/c1-15(2)12-17(14-19-13-16(3)4)10-11-20-18-8-6-5-7-9-18/h5-9,15-17,19H,10-14H2,1-4H3. The summed E-state index contributed by atoms with van der Waals surface area (Å²) in [4.78, 5) is 0. The smallest absolute Gasteiger partial charge is 0.119 e. The molecule has 1 unspecified atom stereocenters. The summed E-state index contributed by atoms with van der Waals surface area (Å²) in [6.45, 7) is 12.1. The van der Waals surface area contributed by atoms with Crippen LogP contribution < -0.4 is 10.1 Å². The summed E-state index contributed by atoms with van der Waals surface area (Å²) in [5, 5.41) is 3.58. The van der Waals surface area contributed by atoms with Crippen LogP contribution >= 0.6 is 0 Å². The second kappa shape index (κ2) is 9.82. The molecule has 2 nitrogen and oxygen atoms in total. The van der Waals surface area contributed by atoms with Gasteiger partial charge in [0.15, 0.2) is 0 Å². The van der Waals surface area contributed by atoms with Crippen LogP contribution in [0.15, 0.2) is 30.3 Å². The van der Waals surface area contributed by atoms with Crippen LogP contribution in [0.2, 0.25) is 0 Å². The lowest BCUT2D eigenvalue weighted by Gasteiger charge is -2.20. The zero-order chi connectivity index (χ0) is 14.8. The second-order valence-corrected chi connectivity index (χ2v) is 6.50. The van der Waals surface area contributed by atoms with Crippen molar-refractivity contribution >= 4 is 0 Å². The van der Waals surface area contributed by atoms with Crippen LogP contribution in [0.1, 0.15) is 40.5 Å². The highest BCUT2D eigenvalue weighted by Crippen LogP contribution is 2.16. The Morgan fingerprint density at radius 1 is 0.950 bits per heavy atom. The molecular formula is C18H31NO. The third-order valence-electron chi connectivity index (χ3n) is 3.33. The Morgan fingerprint density at radius 2 is 1.65 bits per heavy atom. The molecule has 0 fully saturated rings. The van der Waals surface area contributed by atoms with Gasteiger partial charge in [0.05, 0.1) is 6.61 Å². The van der Waals surface area contributed by atoms with Crippen molar-refractivity contribution < 1.29 is 4.74 Å². The number of ether oxygens (including phenoxy) is 1. The maximum absolute atomic E-state index is 5.82. The van der Waals surface area contributed by atoms with E-state index >= 15 is 0 Å². The van der Waals surface area contributed by atoms with Crippen molar-refractivity contribution in [3.63, 3.8) is 0 Å². The Morgan fingerprint density at radius 3 is 2.25 bits per heavy atom. The van der Waals surface area contributed by atoms with Crippen molar-refractivity contribution in [2.24, 2.45) is 17.8 Å². The molecule has 1 rings (SSSR count). The summed E-state index contributed by atoms with van der Waals surface area (Å²) in [5.41, 5.74) is 0. The van der Waals surface area contributed by atoms with Gasteiger partial charge in [-0.1, -0.05) is 45.9 Å². The van der Waals surface area contributed by atoms with Gasteiger partial charge in [0, 0.05) is 0 Å². The maximum Gasteiger partial charge on any atom is 0.119 e. The molecule has 1 atom stereocenters. The quantitative estimate of drug-likeness (QED) is 0.686. The lowest BCUT2D eigenvalue weighted by Crippen LogP contribution is -2.28. The van der Waals surface area contributed by atoms with E-state index in [4.69, 9.17) is 4.74 Å². The fourth-order valence-electron chi connectivity index (χ4n) is 2.41. The van der Waals surface area contributed by atoms with E-state index in [1.54, 1.807) is 0 Å². The van der Waals surface area contributed by atoms with Gasteiger partial charge >= 0.3 is 0 Å². The van der Waals surface area contributed by atoms with Gasteiger partial charge in [-0.3, -0.25) is 0 Å². The first-order valence-electron chi connectivity index (χ1n) is 7.96. The lowest BCUT2D eigenvalue weighted by molar-refractivity contribution is 0.256. The molecule has 20 heavy (non-hydrogen) atoms. The largest absolute Gasteiger partial charge is 0.494 e. The molecule has 0 aromatic heterocycles. The number of para-hydroxylation sites is 1. The zero-order valence-electron chi connectivity index (χ0n) is 13.6. The summed E-state index contributed by atoms with van der Waals surface area (Å²) in [6.07, 6.45) is 2.39. The van der Waals surface area contributed by atoms with E-state index in [0.29, 0.717) is 5.92 Å². The number of hydrogen-bond donors (Lipinski definition) is 1. The fourth-order valence-corrected chi connectivity index (χ4v) is 2.41. The van der Waals surface area contributed by atoms with Crippen LogP contribution in [0.25, 0.3) is 0 Å². The van der Waals surface area contributed by atoms with Gasteiger partial charge in [0.2, 0.25) is 0 Å². The maximum atomic E-state index is 5.82. The molecule has 0 radical (unpaired) electrons. The lowest BCUT2D eigenvalue weighted by atomic mass is 9.94. The zero-order valence-corrected chi connectivity index (χ0v) is 13.6. The first-order chi connectivity index (χ1) is 9.58. The van der Waals surface area contributed by atoms with E-state index in [0.717, 1.165) is 43.7 Å². The van der Waals surface area contributed by atoms with Crippen LogP contribution in [0.3, 0.4) is 0 Å². The van der Waals surface area contributed by atoms with Gasteiger partial charge in [0.1, 0.15) is 5.75 Å².